The molecule has 0 bridgehead atoms. The van der Waals surface area contributed by atoms with Crippen molar-refractivity contribution in [3.63, 3.8) is 0 Å². The van der Waals surface area contributed by atoms with Crippen LogP contribution in [-0.4, -0.2) is 38.2 Å². The lowest BCUT2D eigenvalue weighted by Crippen LogP contribution is -2.43. The van der Waals surface area contributed by atoms with E-state index in [2.05, 4.69) is 10.2 Å². The molecule has 1 fully saturated rings. The molecular weight excluding hydrogens is 283 g/mol. The van der Waals surface area contributed by atoms with E-state index in [9.17, 15) is 0 Å². The van der Waals surface area contributed by atoms with Crippen molar-refractivity contribution in [2.24, 2.45) is 0 Å². The number of halogens is 2. The zero-order valence-corrected chi connectivity index (χ0v) is 12.9. The van der Waals surface area contributed by atoms with E-state index < -0.39 is 0 Å². The summed E-state index contributed by atoms with van der Waals surface area (Å²) >= 11 is 12.2. The lowest BCUT2D eigenvalue weighted by atomic mass is 10.0. The third-order valence-electron chi connectivity index (χ3n) is 3.60. The Morgan fingerprint density at radius 2 is 2.21 bits per heavy atom. The van der Waals surface area contributed by atoms with Crippen LogP contribution in [0.1, 0.15) is 18.4 Å². The molecule has 1 aromatic rings. The topological polar surface area (TPSA) is 24.5 Å². The lowest BCUT2D eigenvalue weighted by Gasteiger charge is -2.32. The first-order chi connectivity index (χ1) is 9.13. The first-order valence-corrected chi connectivity index (χ1v) is 7.31. The van der Waals surface area contributed by atoms with Crippen LogP contribution in [0.4, 0.5) is 0 Å². The monoisotopic (exact) mass is 302 g/mol. The molecule has 1 N–H and O–H groups in total. The number of nitrogens with one attached hydrogen (secondary N) is 1. The molecule has 1 aromatic carbocycles. The quantitative estimate of drug-likeness (QED) is 0.924. The number of rotatable bonds is 4. The zero-order valence-electron chi connectivity index (χ0n) is 11.4. The van der Waals surface area contributed by atoms with Gasteiger partial charge in [0.05, 0.1) is 12.1 Å². The van der Waals surface area contributed by atoms with E-state index in [0.717, 1.165) is 30.9 Å². The molecule has 0 spiro atoms. The summed E-state index contributed by atoms with van der Waals surface area (Å²) in [6.07, 6.45) is 2.45. The van der Waals surface area contributed by atoms with Crippen molar-refractivity contribution < 1.29 is 4.74 Å². The van der Waals surface area contributed by atoms with Crippen LogP contribution in [0, 0.1) is 0 Å². The van der Waals surface area contributed by atoms with Crippen molar-refractivity contribution in [3.05, 3.63) is 27.7 Å². The number of hydrogen-bond acceptors (Lipinski definition) is 3. The van der Waals surface area contributed by atoms with E-state index in [4.69, 9.17) is 27.9 Å². The van der Waals surface area contributed by atoms with E-state index >= 15 is 0 Å². The van der Waals surface area contributed by atoms with Gasteiger partial charge in [0.1, 0.15) is 5.75 Å². The number of benzene rings is 1. The van der Waals surface area contributed by atoms with Gasteiger partial charge >= 0.3 is 0 Å². The highest BCUT2D eigenvalue weighted by Crippen LogP contribution is 2.33. The predicted molar refractivity (Wildman–Crippen MR) is 80.4 cm³/mol. The molecule has 1 aliphatic rings. The van der Waals surface area contributed by atoms with Crippen molar-refractivity contribution >= 4 is 23.2 Å². The van der Waals surface area contributed by atoms with E-state index in [1.165, 1.54) is 12.8 Å². The van der Waals surface area contributed by atoms with Crippen molar-refractivity contribution in [2.45, 2.75) is 25.4 Å². The highest BCUT2D eigenvalue weighted by atomic mass is 35.5. The molecule has 1 unspecified atom stereocenters. The maximum Gasteiger partial charge on any atom is 0.142 e. The molecule has 0 saturated carbocycles. The maximum absolute atomic E-state index is 6.17. The first-order valence-electron chi connectivity index (χ1n) is 6.55. The van der Waals surface area contributed by atoms with Gasteiger partial charge in [0, 0.05) is 29.7 Å². The molecule has 19 heavy (non-hydrogen) atoms. The second-order valence-electron chi connectivity index (χ2n) is 4.94. The summed E-state index contributed by atoms with van der Waals surface area (Å²) in [7, 11) is 3.66. The Balaban J connectivity index is 2.14. The first kappa shape index (κ1) is 14.9. The fraction of sp³-hybridized carbons (Fsp3) is 0.571. The fourth-order valence-corrected chi connectivity index (χ4v) is 3.25. The Kier molecular flexibility index (Phi) is 5.34. The summed E-state index contributed by atoms with van der Waals surface area (Å²) in [5.74, 6) is 0.734. The van der Waals surface area contributed by atoms with Crippen molar-refractivity contribution in [2.75, 3.05) is 27.2 Å². The van der Waals surface area contributed by atoms with E-state index in [0.29, 0.717) is 16.1 Å². The molecule has 0 aromatic heterocycles. The number of likely N-dealkylation sites (tertiary alicyclic amines) is 1. The number of nitrogens with zero attached hydrogens (tertiary/aromatic N) is 1. The summed E-state index contributed by atoms with van der Waals surface area (Å²) < 4.78 is 5.39. The van der Waals surface area contributed by atoms with Gasteiger partial charge in [-0.3, -0.25) is 4.90 Å². The number of hydrogen-bond donors (Lipinski definition) is 1. The summed E-state index contributed by atoms with van der Waals surface area (Å²) in [6, 6.07) is 4.22. The van der Waals surface area contributed by atoms with Crippen LogP contribution < -0.4 is 10.1 Å². The highest BCUT2D eigenvalue weighted by molar-refractivity contribution is 6.35. The van der Waals surface area contributed by atoms with Gasteiger partial charge < -0.3 is 10.1 Å². The molecule has 106 valence electrons. The largest absolute Gasteiger partial charge is 0.495 e. The van der Waals surface area contributed by atoms with Gasteiger partial charge in [-0.25, -0.2) is 0 Å². The lowest BCUT2D eigenvalue weighted by molar-refractivity contribution is 0.186. The zero-order chi connectivity index (χ0) is 13.8. The maximum atomic E-state index is 6.17. The van der Waals surface area contributed by atoms with Gasteiger partial charge in [0.25, 0.3) is 0 Å². The predicted octanol–water partition coefficient (Wildman–Crippen LogP) is 3.19. The van der Waals surface area contributed by atoms with Crippen LogP contribution in [0.25, 0.3) is 0 Å². The number of likely N-dealkylation sites (N-methyl/N-ethyl adjacent to an activating group) is 1. The van der Waals surface area contributed by atoms with E-state index in [1.807, 2.05) is 13.1 Å². The molecule has 3 nitrogen and oxygen atoms in total. The molecule has 0 aliphatic carbocycles. The average molecular weight is 303 g/mol. The van der Waals surface area contributed by atoms with Gasteiger partial charge in [-0.05, 0) is 38.6 Å². The van der Waals surface area contributed by atoms with Gasteiger partial charge in [0.15, 0.2) is 0 Å². The molecule has 1 aliphatic heterocycles. The smallest absolute Gasteiger partial charge is 0.142 e. The van der Waals surface area contributed by atoms with Gasteiger partial charge in [-0.15, -0.1) is 0 Å². The minimum Gasteiger partial charge on any atom is -0.495 e. The average Bonchev–Trinajstić information content (AvgIpc) is 2.38. The molecule has 0 amide bonds. The molecule has 5 heteroatoms. The standard InChI is InChI=1S/C14H20Cl2N2O/c1-17-12-4-3-5-18(9-12)8-10-6-11(15)7-13(16)14(10)19-2/h6-7,12,17H,3-5,8-9H2,1-2H3. The van der Waals surface area contributed by atoms with Crippen molar-refractivity contribution in [1.29, 1.82) is 0 Å². The van der Waals surface area contributed by atoms with Crippen LogP contribution in [0.5, 0.6) is 5.75 Å². The normalized spacial score (nSPS) is 20.5. The molecule has 1 saturated heterocycles. The SMILES string of the molecule is CNC1CCCN(Cc2cc(Cl)cc(Cl)c2OC)C1. The fourth-order valence-electron chi connectivity index (χ4n) is 2.64. The summed E-state index contributed by atoms with van der Waals surface area (Å²) in [6.45, 7) is 2.97. The van der Waals surface area contributed by atoms with Gasteiger partial charge in [-0.1, -0.05) is 23.2 Å². The van der Waals surface area contributed by atoms with Crippen LogP contribution in [0.3, 0.4) is 0 Å². The third-order valence-corrected chi connectivity index (χ3v) is 4.10. The minimum absolute atomic E-state index is 0.564. The highest BCUT2D eigenvalue weighted by Gasteiger charge is 2.20. The Morgan fingerprint density at radius 1 is 1.42 bits per heavy atom. The molecule has 2 rings (SSSR count). The molecule has 0 radical (unpaired) electrons. The van der Waals surface area contributed by atoms with Crippen molar-refractivity contribution in [1.82, 2.24) is 10.2 Å². The summed E-state index contributed by atoms with van der Waals surface area (Å²) in [4.78, 5) is 2.41. The van der Waals surface area contributed by atoms with Crippen LogP contribution in [-0.2, 0) is 6.54 Å². The van der Waals surface area contributed by atoms with Crippen LogP contribution in [0.2, 0.25) is 10.0 Å². The molecule has 1 heterocycles. The van der Waals surface area contributed by atoms with E-state index in [-0.39, 0.29) is 0 Å². The Labute approximate surface area is 124 Å². The molecular formula is C14H20Cl2N2O. The van der Waals surface area contributed by atoms with Crippen LogP contribution >= 0.6 is 23.2 Å². The van der Waals surface area contributed by atoms with Crippen molar-refractivity contribution in [3.8, 4) is 5.75 Å². The Hall–Kier alpha value is -0.480. The minimum atomic E-state index is 0.564. The number of methoxy groups -OCH3 is 1. The Bertz CT molecular complexity index is 440. The number of ether oxygens (including phenoxy) is 1. The second-order valence-corrected chi connectivity index (χ2v) is 5.79. The Morgan fingerprint density at radius 3 is 2.89 bits per heavy atom. The van der Waals surface area contributed by atoms with Crippen LogP contribution in [0.15, 0.2) is 12.1 Å². The third kappa shape index (κ3) is 3.76. The van der Waals surface area contributed by atoms with Gasteiger partial charge in [0.2, 0.25) is 0 Å². The van der Waals surface area contributed by atoms with Gasteiger partial charge in [-0.2, -0.15) is 0 Å². The number of piperidine rings is 1. The second kappa shape index (κ2) is 6.80. The molecule has 1 atom stereocenters. The van der Waals surface area contributed by atoms with E-state index in [1.54, 1.807) is 13.2 Å². The summed E-state index contributed by atoms with van der Waals surface area (Å²) in [5, 5.41) is 4.58. The summed E-state index contributed by atoms with van der Waals surface area (Å²) in [5.41, 5.74) is 1.05.